The smallest absolute Gasteiger partial charge is 0.134 e. The van der Waals surface area contributed by atoms with Gasteiger partial charge in [0.1, 0.15) is 11.5 Å². The molecule has 1 aliphatic rings. The average Bonchev–Trinajstić information content (AvgIpc) is 2.55. The first-order valence-corrected chi connectivity index (χ1v) is 9.39. The van der Waals surface area contributed by atoms with Crippen molar-refractivity contribution in [3.8, 4) is 11.5 Å². The molecule has 0 aliphatic heterocycles. The monoisotopic (exact) mass is 378 g/mol. The fourth-order valence-electron chi connectivity index (χ4n) is 4.16. The lowest BCUT2D eigenvalue weighted by molar-refractivity contribution is 0.102. The van der Waals surface area contributed by atoms with Gasteiger partial charge in [0, 0.05) is 5.41 Å². The summed E-state index contributed by atoms with van der Waals surface area (Å²) in [5.74, 6) is 0.793. The summed E-state index contributed by atoms with van der Waals surface area (Å²) in [6.07, 6.45) is 3.01. The minimum absolute atomic E-state index is 0.0905. The third-order valence-corrected chi connectivity index (χ3v) is 6.70. The van der Waals surface area contributed by atoms with Gasteiger partial charge in [-0.3, -0.25) is 0 Å². The molecule has 4 heteroatoms. The minimum Gasteiger partial charge on any atom is -0.506 e. The fourth-order valence-corrected chi connectivity index (χ4v) is 4.52. The van der Waals surface area contributed by atoms with E-state index in [-0.39, 0.29) is 22.3 Å². The summed E-state index contributed by atoms with van der Waals surface area (Å²) in [6.45, 7) is 6.91. The fraction of sp³-hybridized carbons (Fsp3) is 0.429. The molecule has 0 saturated heterocycles. The van der Waals surface area contributed by atoms with Gasteiger partial charge < -0.3 is 10.2 Å². The highest BCUT2D eigenvalue weighted by Crippen LogP contribution is 2.54. The molecule has 2 N–H and O–H groups in total. The van der Waals surface area contributed by atoms with Crippen molar-refractivity contribution in [3.05, 3.63) is 57.6 Å². The second kappa shape index (κ2) is 6.41. The molecule has 2 aromatic rings. The highest BCUT2D eigenvalue weighted by molar-refractivity contribution is 6.32. The van der Waals surface area contributed by atoms with E-state index in [0.717, 1.165) is 30.4 Å². The second-order valence-corrected chi connectivity index (χ2v) is 8.83. The zero-order valence-electron chi connectivity index (χ0n) is 14.8. The Kier molecular flexibility index (Phi) is 4.72. The van der Waals surface area contributed by atoms with E-state index in [4.69, 9.17) is 23.2 Å². The average molecular weight is 379 g/mol. The zero-order chi connectivity index (χ0) is 18.4. The topological polar surface area (TPSA) is 40.5 Å². The van der Waals surface area contributed by atoms with Crippen molar-refractivity contribution in [2.75, 3.05) is 0 Å². The van der Waals surface area contributed by atoms with E-state index < -0.39 is 0 Å². The molecule has 0 amide bonds. The van der Waals surface area contributed by atoms with Gasteiger partial charge in [0.15, 0.2) is 0 Å². The van der Waals surface area contributed by atoms with Crippen LogP contribution in [0.5, 0.6) is 11.5 Å². The lowest BCUT2D eigenvalue weighted by Gasteiger charge is -2.49. The number of rotatable bonds is 2. The van der Waals surface area contributed by atoms with Gasteiger partial charge >= 0.3 is 0 Å². The molecule has 1 unspecified atom stereocenters. The molecule has 1 fully saturated rings. The highest BCUT2D eigenvalue weighted by atomic mass is 35.5. The minimum atomic E-state index is -0.245. The van der Waals surface area contributed by atoms with E-state index in [9.17, 15) is 10.2 Å². The van der Waals surface area contributed by atoms with Crippen LogP contribution in [0.2, 0.25) is 10.0 Å². The summed E-state index contributed by atoms with van der Waals surface area (Å²) in [5, 5.41) is 20.4. The van der Waals surface area contributed by atoms with Crippen LogP contribution in [0.4, 0.5) is 0 Å². The van der Waals surface area contributed by atoms with E-state index in [1.165, 1.54) is 0 Å². The molecule has 134 valence electrons. The van der Waals surface area contributed by atoms with Gasteiger partial charge in [0.25, 0.3) is 0 Å². The van der Waals surface area contributed by atoms with Crippen molar-refractivity contribution in [3.63, 3.8) is 0 Å². The van der Waals surface area contributed by atoms with E-state index >= 15 is 0 Å². The first kappa shape index (κ1) is 18.4. The predicted molar refractivity (Wildman–Crippen MR) is 104 cm³/mol. The van der Waals surface area contributed by atoms with Crippen LogP contribution in [-0.2, 0) is 5.41 Å². The SMILES string of the molecule is CC1CCC(c2ccc(O)c(Cl)c2)(c2ccc(O)c(Cl)c2)CC1(C)C. The Morgan fingerprint density at radius 1 is 0.920 bits per heavy atom. The van der Waals surface area contributed by atoms with Gasteiger partial charge in [-0.25, -0.2) is 0 Å². The van der Waals surface area contributed by atoms with E-state index in [1.807, 2.05) is 24.3 Å². The molecule has 0 heterocycles. The summed E-state index contributed by atoms with van der Waals surface area (Å²) in [7, 11) is 0. The Labute approximate surface area is 159 Å². The number of aromatic hydroxyl groups is 2. The van der Waals surface area contributed by atoms with Crippen molar-refractivity contribution in [2.45, 2.75) is 45.4 Å². The summed E-state index contributed by atoms with van der Waals surface area (Å²) in [6, 6.07) is 11.0. The molecule has 0 radical (unpaired) electrons. The summed E-state index contributed by atoms with van der Waals surface area (Å²) >= 11 is 12.4. The van der Waals surface area contributed by atoms with Gasteiger partial charge in [-0.2, -0.15) is 0 Å². The Balaban J connectivity index is 2.21. The van der Waals surface area contributed by atoms with E-state index in [2.05, 4.69) is 20.8 Å². The van der Waals surface area contributed by atoms with Gasteiger partial charge in [-0.1, -0.05) is 56.1 Å². The Morgan fingerprint density at radius 3 is 1.80 bits per heavy atom. The van der Waals surface area contributed by atoms with Gasteiger partial charge in [-0.05, 0) is 66.0 Å². The number of hydrogen-bond donors (Lipinski definition) is 2. The van der Waals surface area contributed by atoms with Crippen LogP contribution in [0.15, 0.2) is 36.4 Å². The van der Waals surface area contributed by atoms with Crippen LogP contribution in [0.25, 0.3) is 0 Å². The van der Waals surface area contributed by atoms with E-state index in [0.29, 0.717) is 16.0 Å². The summed E-state index contributed by atoms with van der Waals surface area (Å²) < 4.78 is 0. The number of hydrogen-bond acceptors (Lipinski definition) is 2. The van der Waals surface area contributed by atoms with Crippen LogP contribution in [-0.4, -0.2) is 10.2 Å². The second-order valence-electron chi connectivity index (χ2n) is 8.02. The third kappa shape index (κ3) is 3.22. The van der Waals surface area contributed by atoms with Crippen molar-refractivity contribution in [1.82, 2.24) is 0 Å². The van der Waals surface area contributed by atoms with Gasteiger partial charge in [-0.15, -0.1) is 0 Å². The van der Waals surface area contributed by atoms with Gasteiger partial charge in [0.05, 0.1) is 10.0 Å². The molecule has 0 spiro atoms. The summed E-state index contributed by atoms with van der Waals surface area (Å²) in [4.78, 5) is 0. The molecular formula is C21H24Cl2O2. The quantitative estimate of drug-likeness (QED) is 0.622. The highest BCUT2D eigenvalue weighted by Gasteiger charge is 2.46. The number of phenols is 2. The Bertz CT molecular complexity index is 747. The van der Waals surface area contributed by atoms with Crippen molar-refractivity contribution in [2.24, 2.45) is 11.3 Å². The number of benzene rings is 2. The lowest BCUT2D eigenvalue weighted by Crippen LogP contribution is -2.41. The standard InChI is InChI=1S/C21H24Cl2O2/c1-13-8-9-21(12-20(13,2)3,14-4-6-18(24)16(22)10-14)15-5-7-19(25)17(23)11-15/h4-7,10-11,13,24-25H,8-9,12H2,1-3H3. The third-order valence-electron chi connectivity index (χ3n) is 6.10. The molecule has 0 bridgehead atoms. The van der Waals surface area contributed by atoms with E-state index in [1.54, 1.807) is 12.1 Å². The zero-order valence-corrected chi connectivity index (χ0v) is 16.3. The molecular weight excluding hydrogens is 355 g/mol. The Morgan fingerprint density at radius 2 is 1.40 bits per heavy atom. The number of halogens is 2. The summed E-state index contributed by atoms with van der Waals surface area (Å²) in [5.41, 5.74) is 2.06. The molecule has 2 aromatic carbocycles. The van der Waals surface area contributed by atoms with Gasteiger partial charge in [0.2, 0.25) is 0 Å². The largest absolute Gasteiger partial charge is 0.506 e. The van der Waals surface area contributed by atoms with Crippen LogP contribution >= 0.6 is 23.2 Å². The van der Waals surface area contributed by atoms with Crippen molar-refractivity contribution in [1.29, 1.82) is 0 Å². The van der Waals surface area contributed by atoms with Crippen LogP contribution in [0.3, 0.4) is 0 Å². The molecule has 2 nitrogen and oxygen atoms in total. The Hall–Kier alpha value is -1.38. The first-order chi connectivity index (χ1) is 11.7. The maximum Gasteiger partial charge on any atom is 0.134 e. The maximum atomic E-state index is 9.84. The molecule has 1 saturated carbocycles. The molecule has 1 aliphatic carbocycles. The molecule has 1 atom stereocenters. The molecule has 3 rings (SSSR count). The maximum absolute atomic E-state index is 9.84. The van der Waals surface area contributed by atoms with Crippen molar-refractivity contribution >= 4 is 23.2 Å². The van der Waals surface area contributed by atoms with Crippen LogP contribution in [0.1, 0.15) is 51.2 Å². The number of phenolic OH excluding ortho intramolecular Hbond substituents is 2. The van der Waals surface area contributed by atoms with Crippen LogP contribution in [0, 0.1) is 11.3 Å². The molecule has 0 aromatic heterocycles. The lowest BCUT2D eigenvalue weighted by atomic mass is 9.55. The normalized spacial score (nSPS) is 21.9. The van der Waals surface area contributed by atoms with Crippen molar-refractivity contribution < 1.29 is 10.2 Å². The predicted octanol–water partition coefficient (Wildman–Crippen LogP) is 6.54. The van der Waals surface area contributed by atoms with Crippen LogP contribution < -0.4 is 0 Å². The first-order valence-electron chi connectivity index (χ1n) is 8.64. The molecule has 25 heavy (non-hydrogen) atoms.